The van der Waals surface area contributed by atoms with Crippen LogP contribution in [-0.2, 0) is 37.9 Å². The minimum Gasteiger partial charge on any atom is -0.311 e. The van der Waals surface area contributed by atoms with Crippen molar-refractivity contribution in [1.82, 2.24) is 0 Å². The van der Waals surface area contributed by atoms with Crippen LogP contribution in [0.3, 0.4) is 0 Å². The van der Waals surface area contributed by atoms with Crippen molar-refractivity contribution in [1.29, 1.82) is 0 Å². The Morgan fingerprint density at radius 1 is 0.443 bits per heavy atom. The average molecular weight is 809 g/mol. The first-order chi connectivity index (χ1) is 28.0. The van der Waals surface area contributed by atoms with Gasteiger partial charge in [0, 0.05) is 34.1 Å². The van der Waals surface area contributed by atoms with Gasteiger partial charge in [-0.1, -0.05) is 154 Å². The van der Waals surface area contributed by atoms with Crippen molar-refractivity contribution < 1.29 is 0 Å². The van der Waals surface area contributed by atoms with Gasteiger partial charge in [-0.25, -0.2) is 0 Å². The van der Waals surface area contributed by atoms with Crippen LogP contribution in [0.5, 0.6) is 0 Å². The zero-order valence-corrected chi connectivity index (χ0v) is 41.1. The van der Waals surface area contributed by atoms with E-state index in [4.69, 9.17) is 0 Å². The van der Waals surface area contributed by atoms with Crippen molar-refractivity contribution in [2.45, 2.75) is 182 Å². The lowest BCUT2D eigenvalue weighted by Gasteiger charge is -2.48. The van der Waals surface area contributed by atoms with E-state index in [0.717, 1.165) is 6.42 Å². The molecule has 0 saturated heterocycles. The molecule has 61 heavy (non-hydrogen) atoms. The Balaban J connectivity index is 1.46. The summed E-state index contributed by atoms with van der Waals surface area (Å²) in [5.74, 6) is 0. The number of benzene rings is 5. The molecule has 9 rings (SSSR count). The fraction of sp³-hybridized carbons (Fsp3) is 0.483. The van der Waals surface area contributed by atoms with E-state index in [9.17, 15) is 0 Å². The maximum Gasteiger partial charge on any atom is 0.252 e. The first-order valence-corrected chi connectivity index (χ1v) is 23.4. The summed E-state index contributed by atoms with van der Waals surface area (Å²) in [6.45, 7) is 43.5. The molecule has 5 aromatic rings. The van der Waals surface area contributed by atoms with Gasteiger partial charge in [-0.3, -0.25) is 0 Å². The van der Waals surface area contributed by atoms with E-state index in [1.54, 1.807) is 0 Å². The van der Waals surface area contributed by atoms with Crippen molar-refractivity contribution >= 4 is 57.2 Å². The molecular formula is C58H73BN2. The monoisotopic (exact) mass is 809 g/mol. The molecule has 0 atom stereocenters. The van der Waals surface area contributed by atoms with Crippen LogP contribution < -0.4 is 26.2 Å². The fourth-order valence-corrected chi connectivity index (χ4v) is 12.0. The quantitative estimate of drug-likeness (QED) is 0.161. The minimum atomic E-state index is -0.0830. The third-order valence-electron chi connectivity index (χ3n) is 15.7. The molecule has 0 aromatic heterocycles. The molecule has 2 nitrogen and oxygen atoms in total. The van der Waals surface area contributed by atoms with Crippen LogP contribution >= 0.6 is 0 Å². The maximum absolute atomic E-state index is 2.74. The van der Waals surface area contributed by atoms with Crippen molar-refractivity contribution in [3.8, 4) is 0 Å². The fourth-order valence-electron chi connectivity index (χ4n) is 12.0. The van der Waals surface area contributed by atoms with Gasteiger partial charge in [0.05, 0.1) is 0 Å². The van der Waals surface area contributed by atoms with Gasteiger partial charge in [-0.15, -0.1) is 0 Å². The molecule has 0 saturated carbocycles. The summed E-state index contributed by atoms with van der Waals surface area (Å²) >= 11 is 0. The highest BCUT2D eigenvalue weighted by molar-refractivity contribution is 7.00. The van der Waals surface area contributed by atoms with E-state index >= 15 is 0 Å². The zero-order chi connectivity index (χ0) is 44.4. The SMILES string of the molecule is Cc1cc2c(cc1N1c3cc4c(cc3B3c5ccc(C(C)(C)C)cc5N(c5cccc(C(C)(C)C)c5)c5cc(C(C)(C)C)cc1c53)C(C)(C)CCC4(C)C)C(C)(C)CC2(C)C. The van der Waals surface area contributed by atoms with Gasteiger partial charge < -0.3 is 9.80 Å². The van der Waals surface area contributed by atoms with Crippen molar-refractivity contribution in [2.24, 2.45) is 0 Å². The number of hydrogen-bond acceptors (Lipinski definition) is 2. The first kappa shape index (κ1) is 42.1. The van der Waals surface area contributed by atoms with Gasteiger partial charge in [0.15, 0.2) is 0 Å². The van der Waals surface area contributed by atoms with E-state index in [1.165, 1.54) is 108 Å². The molecule has 0 radical (unpaired) electrons. The highest BCUT2D eigenvalue weighted by Gasteiger charge is 2.48. The van der Waals surface area contributed by atoms with Crippen molar-refractivity contribution in [3.63, 3.8) is 0 Å². The Morgan fingerprint density at radius 3 is 1.51 bits per heavy atom. The lowest BCUT2D eigenvalue weighted by molar-refractivity contribution is 0.332. The molecule has 5 aromatic carbocycles. The number of anilines is 6. The average Bonchev–Trinajstić information content (AvgIpc) is 3.32. The Bertz CT molecular complexity index is 2650. The highest BCUT2D eigenvalue weighted by atomic mass is 15.2. The molecule has 4 aliphatic rings. The van der Waals surface area contributed by atoms with Gasteiger partial charge in [-0.05, 0) is 167 Å². The summed E-state index contributed by atoms with van der Waals surface area (Å²) in [5.41, 5.74) is 23.9. The maximum atomic E-state index is 2.74. The van der Waals surface area contributed by atoms with Gasteiger partial charge in [0.1, 0.15) is 0 Å². The van der Waals surface area contributed by atoms with Gasteiger partial charge >= 0.3 is 0 Å². The third-order valence-corrected chi connectivity index (χ3v) is 15.7. The Hall–Kier alpha value is -4.24. The molecule has 0 unspecified atom stereocenters. The minimum absolute atomic E-state index is 0.00393. The van der Waals surface area contributed by atoms with Crippen LogP contribution in [0, 0.1) is 6.92 Å². The summed E-state index contributed by atoms with van der Waals surface area (Å²) in [6, 6.07) is 32.6. The highest BCUT2D eigenvalue weighted by Crippen LogP contribution is 2.55. The molecule has 2 aliphatic carbocycles. The summed E-state index contributed by atoms with van der Waals surface area (Å²) < 4.78 is 0. The topological polar surface area (TPSA) is 6.48 Å². The second-order valence-electron chi connectivity index (χ2n) is 25.5. The predicted molar refractivity (Wildman–Crippen MR) is 267 cm³/mol. The van der Waals surface area contributed by atoms with E-state index in [1.807, 2.05) is 0 Å². The molecule has 2 heterocycles. The summed E-state index contributed by atoms with van der Waals surface area (Å²) in [7, 11) is 0. The molecule has 2 aliphatic heterocycles. The second kappa shape index (κ2) is 12.9. The first-order valence-electron chi connectivity index (χ1n) is 23.4. The summed E-state index contributed by atoms with van der Waals surface area (Å²) in [6.07, 6.45) is 3.53. The Morgan fingerprint density at radius 2 is 0.918 bits per heavy atom. The van der Waals surface area contributed by atoms with Crippen LogP contribution in [-0.4, -0.2) is 6.71 Å². The number of rotatable bonds is 2. The van der Waals surface area contributed by atoms with Gasteiger partial charge in [-0.2, -0.15) is 0 Å². The Kier molecular flexibility index (Phi) is 8.92. The predicted octanol–water partition coefficient (Wildman–Crippen LogP) is 14.3. The molecule has 0 spiro atoms. The van der Waals surface area contributed by atoms with Crippen LogP contribution in [0.25, 0.3) is 0 Å². The van der Waals surface area contributed by atoms with Crippen molar-refractivity contribution in [3.05, 3.63) is 123 Å². The third kappa shape index (κ3) is 6.48. The van der Waals surface area contributed by atoms with E-state index < -0.39 is 0 Å². The van der Waals surface area contributed by atoms with E-state index in [-0.39, 0.29) is 44.6 Å². The summed E-state index contributed by atoms with van der Waals surface area (Å²) in [4.78, 5) is 5.40. The molecule has 0 N–H and O–H groups in total. The molecule has 318 valence electrons. The molecule has 0 bridgehead atoms. The van der Waals surface area contributed by atoms with Crippen LogP contribution in [0.4, 0.5) is 34.1 Å². The van der Waals surface area contributed by atoms with E-state index in [2.05, 4.69) is 213 Å². The second-order valence-corrected chi connectivity index (χ2v) is 25.5. The van der Waals surface area contributed by atoms with Crippen LogP contribution in [0.2, 0.25) is 0 Å². The van der Waals surface area contributed by atoms with Crippen LogP contribution in [0.15, 0.2) is 78.9 Å². The number of fused-ring (bicyclic) bond motifs is 6. The van der Waals surface area contributed by atoms with Crippen LogP contribution in [0.1, 0.15) is 181 Å². The van der Waals surface area contributed by atoms with Crippen molar-refractivity contribution in [2.75, 3.05) is 9.80 Å². The Labute approximate surface area is 370 Å². The normalized spacial score (nSPS) is 19.2. The standard InChI is InChI=1S/C58H73BN2/c1-35-26-40-43(58(17,18)34-57(40,15)16)32-46(35)61-48-33-42-41(55(11,12)24-25-56(42,13)14)31-45(48)59-44-23-22-37(53(5,6)7)28-47(44)60(39-21-19-20-36(27-39)52(2,3)4)49-29-38(54(8,9)10)30-50(61)51(49)59/h19-23,26-33H,24-25,34H2,1-18H3. The number of hydrogen-bond donors (Lipinski definition) is 0. The largest absolute Gasteiger partial charge is 0.311 e. The smallest absolute Gasteiger partial charge is 0.252 e. The lowest BCUT2D eigenvalue weighted by atomic mass is 9.33. The molecule has 0 fully saturated rings. The zero-order valence-electron chi connectivity index (χ0n) is 41.1. The lowest BCUT2D eigenvalue weighted by Crippen LogP contribution is -2.62. The van der Waals surface area contributed by atoms with E-state index in [0.29, 0.717) is 0 Å². The molecule has 3 heteroatoms. The number of aryl methyl sites for hydroxylation is 1. The van der Waals surface area contributed by atoms with Gasteiger partial charge in [0.25, 0.3) is 6.71 Å². The number of nitrogens with zero attached hydrogens (tertiary/aromatic N) is 2. The van der Waals surface area contributed by atoms with Gasteiger partial charge in [0.2, 0.25) is 0 Å². The summed E-state index contributed by atoms with van der Waals surface area (Å²) in [5, 5.41) is 0. The molecule has 0 amide bonds. The molecular weight excluding hydrogens is 735 g/mol.